The molecule has 1 heterocycles. The predicted octanol–water partition coefficient (Wildman–Crippen LogP) is 1.26. The molecule has 0 radical (unpaired) electrons. The molecule has 0 aliphatic carbocycles. The van der Waals surface area contributed by atoms with Crippen LogP contribution in [0.3, 0.4) is 0 Å². The summed E-state index contributed by atoms with van der Waals surface area (Å²) in [5.74, 6) is 0.862. The Bertz CT molecular complexity index is 389. The van der Waals surface area contributed by atoms with Crippen LogP contribution in [0, 0.1) is 0 Å². The average molecular weight is 234 g/mol. The number of hydrogen-bond acceptors (Lipinski definition) is 3. The Morgan fingerprint density at radius 3 is 2.65 bits per heavy atom. The molecule has 0 bridgehead atoms. The molecule has 1 unspecified atom stereocenters. The summed E-state index contributed by atoms with van der Waals surface area (Å²) >= 11 is 0. The van der Waals surface area contributed by atoms with Crippen LogP contribution >= 0.6 is 0 Å². The van der Waals surface area contributed by atoms with Crippen LogP contribution in [-0.4, -0.2) is 37.0 Å². The summed E-state index contributed by atoms with van der Waals surface area (Å²) in [6.45, 7) is 1.48. The fourth-order valence-electron chi connectivity index (χ4n) is 2.10. The first-order valence-electron chi connectivity index (χ1n) is 5.91. The molecular formula is C13H18N2O2. The molecule has 1 aliphatic heterocycles. The number of benzene rings is 1. The van der Waals surface area contributed by atoms with Crippen LogP contribution in [0.4, 0.5) is 0 Å². The Balaban J connectivity index is 2.03. The lowest BCUT2D eigenvalue weighted by molar-refractivity contribution is 0.0450. The van der Waals surface area contributed by atoms with E-state index in [9.17, 15) is 4.79 Å². The maximum atomic E-state index is 12.2. The minimum atomic E-state index is 0.0948. The summed E-state index contributed by atoms with van der Waals surface area (Å²) in [5, 5.41) is 0. The highest BCUT2D eigenvalue weighted by molar-refractivity contribution is 5.95. The van der Waals surface area contributed by atoms with Crippen LogP contribution in [0.2, 0.25) is 0 Å². The van der Waals surface area contributed by atoms with Gasteiger partial charge in [-0.3, -0.25) is 4.79 Å². The van der Waals surface area contributed by atoms with Crippen LogP contribution < -0.4 is 10.5 Å². The van der Waals surface area contributed by atoms with Crippen LogP contribution in [0.15, 0.2) is 24.3 Å². The number of carbonyl (C=O) groups is 1. The molecule has 0 saturated carbocycles. The van der Waals surface area contributed by atoms with Gasteiger partial charge in [-0.05, 0) is 43.7 Å². The van der Waals surface area contributed by atoms with Crippen molar-refractivity contribution in [3.8, 4) is 5.75 Å². The third-order valence-corrected chi connectivity index (χ3v) is 3.24. The lowest BCUT2D eigenvalue weighted by atomic mass is 9.98. The molecule has 4 nitrogen and oxygen atoms in total. The van der Waals surface area contributed by atoms with Gasteiger partial charge >= 0.3 is 0 Å². The van der Waals surface area contributed by atoms with E-state index >= 15 is 0 Å². The summed E-state index contributed by atoms with van der Waals surface area (Å²) in [5.41, 5.74) is 6.24. The maximum absolute atomic E-state index is 12.2. The second-order valence-electron chi connectivity index (χ2n) is 4.25. The van der Waals surface area contributed by atoms with Crippen molar-refractivity contribution in [2.75, 3.05) is 20.2 Å². The van der Waals surface area contributed by atoms with Crippen molar-refractivity contribution in [2.24, 2.45) is 5.73 Å². The summed E-state index contributed by atoms with van der Waals surface area (Å²) in [6, 6.07) is 7.56. The van der Waals surface area contributed by atoms with Gasteiger partial charge in [-0.1, -0.05) is 0 Å². The number of ether oxygens (including phenoxy) is 1. The molecule has 2 N–H and O–H groups in total. The average Bonchev–Trinajstić information content (AvgIpc) is 2.34. The summed E-state index contributed by atoms with van der Waals surface area (Å²) < 4.78 is 5.07. The molecule has 17 heavy (non-hydrogen) atoms. The van der Waals surface area contributed by atoms with Crippen LogP contribution in [0.5, 0.6) is 5.75 Å². The van der Waals surface area contributed by atoms with Crippen molar-refractivity contribution < 1.29 is 9.53 Å². The number of rotatable bonds is 4. The fourth-order valence-corrected chi connectivity index (χ4v) is 2.10. The monoisotopic (exact) mass is 234 g/mol. The van der Waals surface area contributed by atoms with E-state index in [0.717, 1.165) is 25.1 Å². The quantitative estimate of drug-likeness (QED) is 0.853. The van der Waals surface area contributed by atoms with Gasteiger partial charge in [-0.2, -0.15) is 0 Å². The number of carbonyl (C=O) groups excluding carboxylic acids is 1. The van der Waals surface area contributed by atoms with Gasteiger partial charge in [0.05, 0.1) is 7.11 Å². The van der Waals surface area contributed by atoms with E-state index in [4.69, 9.17) is 10.5 Å². The number of methoxy groups -OCH3 is 1. The van der Waals surface area contributed by atoms with Gasteiger partial charge in [-0.25, -0.2) is 0 Å². The molecule has 4 heteroatoms. The van der Waals surface area contributed by atoms with Crippen molar-refractivity contribution in [1.82, 2.24) is 4.90 Å². The lowest BCUT2D eigenvalue weighted by Gasteiger charge is -2.41. The Hall–Kier alpha value is -1.55. The SMILES string of the molecule is COc1ccc(C(=O)N2CCC2CCN)cc1. The van der Waals surface area contributed by atoms with Gasteiger partial charge in [0.1, 0.15) is 5.75 Å². The Morgan fingerprint density at radius 2 is 2.18 bits per heavy atom. The predicted molar refractivity (Wildman–Crippen MR) is 66.1 cm³/mol. The van der Waals surface area contributed by atoms with Crippen molar-refractivity contribution >= 4 is 5.91 Å². The standard InChI is InChI=1S/C13H18N2O2/c1-17-12-4-2-10(3-5-12)13(16)15-9-7-11(15)6-8-14/h2-5,11H,6-9,14H2,1H3. The highest BCUT2D eigenvalue weighted by atomic mass is 16.5. The molecular weight excluding hydrogens is 216 g/mol. The van der Waals surface area contributed by atoms with Crippen molar-refractivity contribution in [2.45, 2.75) is 18.9 Å². The van der Waals surface area contributed by atoms with Crippen LogP contribution in [0.1, 0.15) is 23.2 Å². The van der Waals surface area contributed by atoms with Gasteiger partial charge in [0.15, 0.2) is 0 Å². The second-order valence-corrected chi connectivity index (χ2v) is 4.25. The topological polar surface area (TPSA) is 55.6 Å². The van der Waals surface area contributed by atoms with Gasteiger partial charge in [0, 0.05) is 18.2 Å². The zero-order valence-electron chi connectivity index (χ0n) is 10.1. The summed E-state index contributed by atoms with van der Waals surface area (Å²) in [6.07, 6.45) is 1.96. The molecule has 2 rings (SSSR count). The molecule has 1 amide bonds. The van der Waals surface area contributed by atoms with E-state index in [2.05, 4.69) is 0 Å². The zero-order chi connectivity index (χ0) is 12.3. The van der Waals surface area contributed by atoms with E-state index < -0.39 is 0 Å². The smallest absolute Gasteiger partial charge is 0.254 e. The zero-order valence-corrected chi connectivity index (χ0v) is 10.1. The Kier molecular flexibility index (Phi) is 3.64. The van der Waals surface area contributed by atoms with E-state index in [0.29, 0.717) is 18.2 Å². The second kappa shape index (κ2) is 5.19. The number of likely N-dealkylation sites (tertiary alicyclic amines) is 1. The molecule has 1 aliphatic rings. The normalized spacial score (nSPS) is 18.7. The molecule has 1 saturated heterocycles. The van der Waals surface area contributed by atoms with Crippen molar-refractivity contribution in [1.29, 1.82) is 0 Å². The first-order valence-corrected chi connectivity index (χ1v) is 5.91. The van der Waals surface area contributed by atoms with Gasteiger partial charge in [0.2, 0.25) is 0 Å². The van der Waals surface area contributed by atoms with E-state index in [1.54, 1.807) is 19.2 Å². The van der Waals surface area contributed by atoms with E-state index in [-0.39, 0.29) is 5.91 Å². The van der Waals surface area contributed by atoms with Crippen molar-refractivity contribution in [3.05, 3.63) is 29.8 Å². The molecule has 0 aromatic heterocycles. The third kappa shape index (κ3) is 2.42. The Labute approximate surface area is 101 Å². The minimum absolute atomic E-state index is 0.0948. The third-order valence-electron chi connectivity index (χ3n) is 3.24. The highest BCUT2D eigenvalue weighted by Crippen LogP contribution is 2.23. The molecule has 1 atom stereocenters. The molecule has 1 aromatic rings. The van der Waals surface area contributed by atoms with Gasteiger partial charge in [0.25, 0.3) is 5.91 Å². The van der Waals surface area contributed by atoms with E-state index in [1.807, 2.05) is 17.0 Å². The largest absolute Gasteiger partial charge is 0.497 e. The summed E-state index contributed by atoms with van der Waals surface area (Å²) in [4.78, 5) is 14.1. The first kappa shape index (κ1) is 11.9. The minimum Gasteiger partial charge on any atom is -0.497 e. The Morgan fingerprint density at radius 1 is 1.47 bits per heavy atom. The van der Waals surface area contributed by atoms with Crippen molar-refractivity contribution in [3.63, 3.8) is 0 Å². The highest BCUT2D eigenvalue weighted by Gasteiger charge is 2.31. The summed E-state index contributed by atoms with van der Waals surface area (Å²) in [7, 11) is 1.61. The number of amides is 1. The molecule has 92 valence electrons. The number of nitrogens with zero attached hydrogens (tertiary/aromatic N) is 1. The lowest BCUT2D eigenvalue weighted by Crippen LogP contribution is -2.51. The maximum Gasteiger partial charge on any atom is 0.254 e. The van der Waals surface area contributed by atoms with Gasteiger partial charge in [-0.15, -0.1) is 0 Å². The molecule has 1 fully saturated rings. The van der Waals surface area contributed by atoms with Crippen LogP contribution in [0.25, 0.3) is 0 Å². The van der Waals surface area contributed by atoms with Crippen LogP contribution in [-0.2, 0) is 0 Å². The number of nitrogens with two attached hydrogens (primary N) is 1. The number of hydrogen-bond donors (Lipinski definition) is 1. The van der Waals surface area contributed by atoms with E-state index in [1.165, 1.54) is 0 Å². The van der Waals surface area contributed by atoms with Gasteiger partial charge < -0.3 is 15.4 Å². The fraction of sp³-hybridized carbons (Fsp3) is 0.462. The first-order chi connectivity index (χ1) is 8.26. The molecule has 0 spiro atoms. The molecule has 1 aromatic carbocycles.